The van der Waals surface area contributed by atoms with E-state index in [1.165, 1.54) is 6.20 Å². The Hall–Kier alpha value is -2.60. The lowest BCUT2D eigenvalue weighted by Gasteiger charge is -2.19. The van der Waals surface area contributed by atoms with Crippen molar-refractivity contribution in [1.82, 2.24) is 0 Å². The minimum atomic E-state index is -0.691. The number of ether oxygens (including phenoxy) is 1. The molecule has 6 heteroatoms. The van der Waals surface area contributed by atoms with Crippen LogP contribution in [0.25, 0.3) is 0 Å². The lowest BCUT2D eigenvalue weighted by molar-refractivity contribution is -0.611. The standard InChI is InChI=1S/C22H22ClNO4/c23-19-5-3-4-18(14-19)21(26)13-17(15-25)12-16-7-9-20(10-8-16)28-22-6-1-2-11-24(22)27/h1-11,14,17,21,25-26H,12-13,15H2/t17?,21-/m1/s1. The highest BCUT2D eigenvalue weighted by Gasteiger charge is 2.17. The molecule has 0 aliphatic rings. The Bertz CT molecular complexity index is 901. The van der Waals surface area contributed by atoms with Crippen LogP contribution in [0.5, 0.6) is 11.6 Å². The van der Waals surface area contributed by atoms with Gasteiger partial charge in [0.15, 0.2) is 6.20 Å². The van der Waals surface area contributed by atoms with Crippen molar-refractivity contribution in [3.63, 3.8) is 0 Å². The SMILES string of the molecule is [O-][n+]1ccccc1Oc1ccc(CC(CO)C[C@@H](O)c2cccc(Cl)c2)cc1. The number of benzene rings is 2. The van der Waals surface area contributed by atoms with E-state index in [-0.39, 0.29) is 18.4 Å². The van der Waals surface area contributed by atoms with Gasteiger partial charge >= 0.3 is 5.88 Å². The highest BCUT2D eigenvalue weighted by atomic mass is 35.5. The Morgan fingerprint density at radius 1 is 1.04 bits per heavy atom. The zero-order valence-electron chi connectivity index (χ0n) is 15.2. The minimum absolute atomic E-state index is 0.0317. The van der Waals surface area contributed by atoms with Crippen molar-refractivity contribution in [1.29, 1.82) is 0 Å². The van der Waals surface area contributed by atoms with Crippen LogP contribution in [0.3, 0.4) is 0 Å². The van der Waals surface area contributed by atoms with Crippen molar-refractivity contribution in [3.05, 3.63) is 94.3 Å². The van der Waals surface area contributed by atoms with Crippen molar-refractivity contribution in [2.45, 2.75) is 18.9 Å². The molecule has 0 saturated heterocycles. The van der Waals surface area contributed by atoms with E-state index in [4.69, 9.17) is 16.3 Å². The second-order valence-corrected chi connectivity index (χ2v) is 7.11. The number of halogens is 1. The van der Waals surface area contributed by atoms with Crippen LogP contribution in [0.1, 0.15) is 23.7 Å². The maximum atomic E-state index is 11.6. The van der Waals surface area contributed by atoms with Gasteiger partial charge in [-0.05, 0) is 60.2 Å². The molecule has 3 aromatic rings. The summed E-state index contributed by atoms with van der Waals surface area (Å²) >= 11 is 5.98. The van der Waals surface area contributed by atoms with Crippen molar-refractivity contribution < 1.29 is 19.7 Å². The summed E-state index contributed by atoms with van der Waals surface area (Å²) in [6, 6.07) is 19.4. The van der Waals surface area contributed by atoms with E-state index in [1.54, 1.807) is 48.5 Å². The maximum Gasteiger partial charge on any atom is 0.384 e. The fourth-order valence-corrected chi connectivity index (χ4v) is 3.23. The molecule has 1 unspecified atom stereocenters. The van der Waals surface area contributed by atoms with Crippen LogP contribution < -0.4 is 9.47 Å². The van der Waals surface area contributed by atoms with Gasteiger partial charge in [-0.25, -0.2) is 0 Å². The van der Waals surface area contributed by atoms with Crippen molar-refractivity contribution in [3.8, 4) is 11.6 Å². The number of pyridine rings is 1. The van der Waals surface area contributed by atoms with Gasteiger partial charge in [-0.3, -0.25) is 0 Å². The van der Waals surface area contributed by atoms with Crippen LogP contribution in [0.4, 0.5) is 0 Å². The fourth-order valence-electron chi connectivity index (χ4n) is 3.03. The molecule has 5 nitrogen and oxygen atoms in total. The third kappa shape index (κ3) is 5.45. The van der Waals surface area contributed by atoms with Crippen molar-refractivity contribution in [2.24, 2.45) is 5.92 Å². The predicted molar refractivity (Wildman–Crippen MR) is 107 cm³/mol. The average molecular weight is 400 g/mol. The predicted octanol–water partition coefficient (Wildman–Crippen LogP) is 4.04. The lowest BCUT2D eigenvalue weighted by atomic mass is 9.92. The Labute approximate surface area is 169 Å². The molecule has 0 bridgehead atoms. The van der Waals surface area contributed by atoms with Gasteiger partial charge in [-0.15, -0.1) is 4.73 Å². The van der Waals surface area contributed by atoms with Crippen LogP contribution in [-0.4, -0.2) is 16.8 Å². The van der Waals surface area contributed by atoms with Gasteiger partial charge in [0.1, 0.15) is 5.75 Å². The smallest absolute Gasteiger partial charge is 0.384 e. The largest absolute Gasteiger partial charge is 0.616 e. The monoisotopic (exact) mass is 399 g/mol. The first-order valence-corrected chi connectivity index (χ1v) is 9.42. The highest BCUT2D eigenvalue weighted by molar-refractivity contribution is 6.30. The van der Waals surface area contributed by atoms with E-state index in [0.717, 1.165) is 11.1 Å². The van der Waals surface area contributed by atoms with Gasteiger partial charge in [-0.1, -0.05) is 35.9 Å². The molecule has 0 amide bonds. The third-order valence-electron chi connectivity index (χ3n) is 4.51. The highest BCUT2D eigenvalue weighted by Crippen LogP contribution is 2.26. The Balaban J connectivity index is 1.61. The Morgan fingerprint density at radius 2 is 1.82 bits per heavy atom. The summed E-state index contributed by atoms with van der Waals surface area (Å²) < 4.78 is 6.24. The second kappa shape index (κ2) is 9.55. The summed E-state index contributed by atoms with van der Waals surface area (Å²) in [6.45, 7) is -0.0317. The van der Waals surface area contributed by atoms with Crippen LogP contribution in [-0.2, 0) is 6.42 Å². The molecule has 0 fully saturated rings. The van der Waals surface area contributed by atoms with Crippen molar-refractivity contribution in [2.75, 3.05) is 6.61 Å². The zero-order chi connectivity index (χ0) is 19.9. The molecule has 2 N–H and O–H groups in total. The molecule has 2 aromatic carbocycles. The maximum absolute atomic E-state index is 11.6. The van der Waals surface area contributed by atoms with Crippen LogP contribution in [0.2, 0.25) is 5.02 Å². The van der Waals surface area contributed by atoms with E-state index < -0.39 is 6.10 Å². The topological polar surface area (TPSA) is 76.6 Å². The van der Waals surface area contributed by atoms with Gasteiger partial charge < -0.3 is 20.2 Å². The molecule has 0 spiro atoms. The number of aliphatic hydroxyl groups is 2. The first-order chi connectivity index (χ1) is 13.5. The summed E-state index contributed by atoms with van der Waals surface area (Å²) in [7, 11) is 0. The van der Waals surface area contributed by atoms with Crippen LogP contribution >= 0.6 is 11.6 Å². The molecule has 1 heterocycles. The molecule has 3 rings (SSSR count). The summed E-state index contributed by atoms with van der Waals surface area (Å²) in [4.78, 5) is 0. The van der Waals surface area contributed by atoms with Gasteiger partial charge in [0.05, 0.1) is 12.2 Å². The van der Waals surface area contributed by atoms with E-state index in [9.17, 15) is 15.4 Å². The molecule has 1 aromatic heterocycles. The Morgan fingerprint density at radius 3 is 2.50 bits per heavy atom. The fraction of sp³-hybridized carbons (Fsp3) is 0.227. The first kappa shape index (κ1) is 20.1. The van der Waals surface area contributed by atoms with Crippen molar-refractivity contribution >= 4 is 11.6 Å². The number of hydrogen-bond acceptors (Lipinski definition) is 4. The minimum Gasteiger partial charge on any atom is -0.616 e. The van der Waals surface area contributed by atoms with Gasteiger partial charge in [0.25, 0.3) is 0 Å². The molecular weight excluding hydrogens is 378 g/mol. The average Bonchev–Trinajstić information content (AvgIpc) is 2.70. The summed E-state index contributed by atoms with van der Waals surface area (Å²) in [5.74, 6) is 0.658. The normalized spacial score (nSPS) is 13.1. The second-order valence-electron chi connectivity index (χ2n) is 6.67. The van der Waals surface area contributed by atoms with E-state index >= 15 is 0 Å². The number of nitrogens with zero attached hydrogens (tertiary/aromatic N) is 1. The molecule has 0 radical (unpaired) electrons. The number of rotatable bonds is 8. The molecule has 0 aliphatic carbocycles. The molecular formula is C22H22ClNO4. The Kier molecular flexibility index (Phi) is 6.87. The summed E-state index contributed by atoms with van der Waals surface area (Å²) in [5, 5.41) is 32.4. The molecule has 0 aliphatic heterocycles. The number of aliphatic hydroxyl groups excluding tert-OH is 2. The third-order valence-corrected chi connectivity index (χ3v) is 4.74. The zero-order valence-corrected chi connectivity index (χ0v) is 16.0. The molecule has 146 valence electrons. The van der Waals surface area contributed by atoms with E-state index in [2.05, 4.69) is 0 Å². The van der Waals surface area contributed by atoms with Gasteiger partial charge in [0.2, 0.25) is 0 Å². The van der Waals surface area contributed by atoms with Crippen LogP contribution in [0.15, 0.2) is 72.9 Å². The molecule has 0 saturated carbocycles. The quantitative estimate of drug-likeness (QED) is 0.442. The van der Waals surface area contributed by atoms with E-state index in [1.807, 2.05) is 18.2 Å². The summed E-state index contributed by atoms with van der Waals surface area (Å²) in [6.07, 6.45) is 1.72. The van der Waals surface area contributed by atoms with Crippen LogP contribution in [0, 0.1) is 11.1 Å². The molecule has 2 atom stereocenters. The summed E-state index contributed by atoms with van der Waals surface area (Å²) in [5.41, 5.74) is 1.75. The van der Waals surface area contributed by atoms with E-state index in [0.29, 0.717) is 28.3 Å². The number of hydrogen-bond donors (Lipinski definition) is 2. The first-order valence-electron chi connectivity index (χ1n) is 9.04. The molecule has 28 heavy (non-hydrogen) atoms. The van der Waals surface area contributed by atoms with Gasteiger partial charge in [-0.2, -0.15) is 0 Å². The van der Waals surface area contributed by atoms with Gasteiger partial charge in [0, 0.05) is 17.7 Å². The number of aromatic nitrogens is 1. The lowest BCUT2D eigenvalue weighted by Crippen LogP contribution is -2.26.